The average molecular weight is 274 g/mol. The van der Waals surface area contributed by atoms with E-state index in [1.807, 2.05) is 6.07 Å². The fourth-order valence-corrected chi connectivity index (χ4v) is 3.42. The number of benzene rings is 2. The Morgan fingerprint density at radius 3 is 2.21 bits per heavy atom. The maximum absolute atomic E-state index is 6.13. The van der Waals surface area contributed by atoms with Crippen molar-refractivity contribution in [3.63, 3.8) is 0 Å². The summed E-state index contributed by atoms with van der Waals surface area (Å²) in [6.45, 7) is 8.78. The van der Waals surface area contributed by atoms with Gasteiger partial charge in [-0.2, -0.15) is 0 Å². The van der Waals surface area contributed by atoms with E-state index in [9.17, 15) is 0 Å². The van der Waals surface area contributed by atoms with Gasteiger partial charge in [-0.1, -0.05) is 18.2 Å². The van der Waals surface area contributed by atoms with Crippen LogP contribution in [0.5, 0.6) is 5.75 Å². The van der Waals surface area contributed by atoms with E-state index in [0.717, 1.165) is 5.75 Å². The summed E-state index contributed by atoms with van der Waals surface area (Å²) in [7, 11) is 0.189. The molecule has 0 spiro atoms. The molecule has 0 radical (unpaired) electrons. The van der Waals surface area contributed by atoms with Gasteiger partial charge in [0.25, 0.3) is 0 Å². The van der Waals surface area contributed by atoms with Crippen molar-refractivity contribution in [1.82, 2.24) is 0 Å². The van der Waals surface area contributed by atoms with Gasteiger partial charge in [-0.25, -0.2) is 0 Å². The van der Waals surface area contributed by atoms with E-state index in [0.29, 0.717) is 0 Å². The summed E-state index contributed by atoms with van der Waals surface area (Å²) < 4.78 is 11.4. The van der Waals surface area contributed by atoms with Gasteiger partial charge in [-0.05, 0) is 61.1 Å². The van der Waals surface area contributed by atoms with E-state index in [2.05, 4.69) is 56.9 Å². The summed E-state index contributed by atoms with van der Waals surface area (Å²) in [4.78, 5) is 0. The molecule has 0 N–H and O–H groups in total. The second-order valence-electron chi connectivity index (χ2n) is 5.84. The van der Waals surface area contributed by atoms with Gasteiger partial charge in [0, 0.05) is 0 Å². The number of rotatable bonds is 4. The highest BCUT2D eigenvalue weighted by Crippen LogP contribution is 2.27. The normalized spacial score (nSPS) is 13.5. The predicted octanol–water partition coefficient (Wildman–Crippen LogP) is 4.76. The fourth-order valence-electron chi connectivity index (χ4n) is 2.22. The van der Waals surface area contributed by atoms with Crippen molar-refractivity contribution < 1.29 is 9.16 Å². The Morgan fingerprint density at radius 1 is 0.947 bits per heavy atom. The SMILES string of the molecule is COc1ccc2cc(C(C)O[Si](C)(C)C)ccc2c1. The monoisotopic (exact) mass is 274 g/mol. The van der Waals surface area contributed by atoms with Crippen molar-refractivity contribution >= 4 is 19.1 Å². The Bertz CT molecular complexity index is 572. The largest absolute Gasteiger partial charge is 0.497 e. The van der Waals surface area contributed by atoms with E-state index in [1.165, 1.54) is 16.3 Å². The summed E-state index contributed by atoms with van der Waals surface area (Å²) in [6, 6.07) is 12.6. The van der Waals surface area contributed by atoms with Crippen LogP contribution in [-0.4, -0.2) is 15.4 Å². The lowest BCUT2D eigenvalue weighted by atomic mass is 10.0. The molecule has 102 valence electrons. The van der Waals surface area contributed by atoms with Crippen molar-refractivity contribution in [1.29, 1.82) is 0 Å². The number of fused-ring (bicyclic) bond motifs is 1. The summed E-state index contributed by atoms with van der Waals surface area (Å²) in [6.07, 6.45) is 0.151. The molecule has 2 nitrogen and oxygen atoms in total. The molecule has 0 fully saturated rings. The van der Waals surface area contributed by atoms with Crippen LogP contribution in [0.4, 0.5) is 0 Å². The molecule has 0 saturated carbocycles. The molecule has 2 rings (SSSR count). The first kappa shape index (κ1) is 14.1. The van der Waals surface area contributed by atoms with Gasteiger partial charge in [0.2, 0.25) is 0 Å². The van der Waals surface area contributed by atoms with Crippen molar-refractivity contribution in [2.24, 2.45) is 0 Å². The minimum Gasteiger partial charge on any atom is -0.497 e. The first-order valence-corrected chi connectivity index (χ1v) is 10.1. The lowest BCUT2D eigenvalue weighted by molar-refractivity contribution is 0.219. The van der Waals surface area contributed by atoms with Crippen LogP contribution < -0.4 is 4.74 Å². The predicted molar refractivity (Wildman–Crippen MR) is 83.3 cm³/mol. The molecule has 2 aromatic rings. The van der Waals surface area contributed by atoms with Crippen LogP contribution in [0.15, 0.2) is 36.4 Å². The van der Waals surface area contributed by atoms with Gasteiger partial charge in [0.05, 0.1) is 13.2 Å². The molecule has 19 heavy (non-hydrogen) atoms. The topological polar surface area (TPSA) is 18.5 Å². The first-order chi connectivity index (χ1) is 8.89. The van der Waals surface area contributed by atoms with Crippen LogP contribution in [0.2, 0.25) is 19.6 Å². The first-order valence-electron chi connectivity index (χ1n) is 6.64. The van der Waals surface area contributed by atoms with E-state index >= 15 is 0 Å². The maximum atomic E-state index is 6.13. The molecule has 0 aromatic heterocycles. The van der Waals surface area contributed by atoms with Crippen LogP contribution in [0.3, 0.4) is 0 Å². The summed E-state index contributed by atoms with van der Waals surface area (Å²) in [5.74, 6) is 0.895. The van der Waals surface area contributed by atoms with E-state index in [4.69, 9.17) is 9.16 Å². The molecular formula is C16H22O2Si. The second-order valence-corrected chi connectivity index (χ2v) is 10.3. The second kappa shape index (κ2) is 5.35. The molecule has 1 unspecified atom stereocenters. The highest BCUT2D eigenvalue weighted by atomic mass is 28.4. The van der Waals surface area contributed by atoms with Crippen LogP contribution in [0.1, 0.15) is 18.6 Å². The molecule has 3 heteroatoms. The van der Waals surface area contributed by atoms with Crippen molar-refractivity contribution in [2.75, 3.05) is 7.11 Å². The van der Waals surface area contributed by atoms with Crippen LogP contribution in [0, 0.1) is 0 Å². The van der Waals surface area contributed by atoms with Crippen LogP contribution in [0.25, 0.3) is 10.8 Å². The third-order valence-electron chi connectivity index (χ3n) is 3.07. The summed E-state index contributed by atoms with van der Waals surface area (Å²) in [5.41, 5.74) is 1.24. The van der Waals surface area contributed by atoms with Crippen molar-refractivity contribution in [3.05, 3.63) is 42.0 Å². The zero-order valence-corrected chi connectivity index (χ0v) is 13.4. The minimum atomic E-state index is -1.51. The molecule has 2 aromatic carbocycles. The number of hydrogen-bond acceptors (Lipinski definition) is 2. The van der Waals surface area contributed by atoms with Crippen LogP contribution in [-0.2, 0) is 4.43 Å². The van der Waals surface area contributed by atoms with Crippen molar-refractivity contribution in [2.45, 2.75) is 32.7 Å². The molecule has 0 aliphatic carbocycles. The van der Waals surface area contributed by atoms with E-state index in [1.54, 1.807) is 7.11 Å². The fraction of sp³-hybridized carbons (Fsp3) is 0.375. The summed E-state index contributed by atoms with van der Waals surface area (Å²) in [5, 5.41) is 2.42. The summed E-state index contributed by atoms with van der Waals surface area (Å²) >= 11 is 0. The Kier molecular flexibility index (Phi) is 3.97. The Labute approximate surface area is 116 Å². The van der Waals surface area contributed by atoms with Gasteiger partial charge in [0.1, 0.15) is 5.75 Å². The number of hydrogen-bond donors (Lipinski definition) is 0. The van der Waals surface area contributed by atoms with Crippen LogP contribution >= 0.6 is 0 Å². The van der Waals surface area contributed by atoms with Gasteiger partial charge >= 0.3 is 0 Å². The van der Waals surface area contributed by atoms with Gasteiger partial charge in [0.15, 0.2) is 8.32 Å². The van der Waals surface area contributed by atoms with Crippen molar-refractivity contribution in [3.8, 4) is 5.75 Å². The van der Waals surface area contributed by atoms with Gasteiger partial charge in [-0.15, -0.1) is 0 Å². The zero-order valence-electron chi connectivity index (χ0n) is 12.4. The smallest absolute Gasteiger partial charge is 0.184 e. The minimum absolute atomic E-state index is 0.151. The van der Waals surface area contributed by atoms with E-state index in [-0.39, 0.29) is 6.10 Å². The average Bonchev–Trinajstić information content (AvgIpc) is 2.35. The molecular weight excluding hydrogens is 252 g/mol. The lowest BCUT2D eigenvalue weighted by Crippen LogP contribution is -2.26. The third-order valence-corrected chi connectivity index (χ3v) is 4.13. The van der Waals surface area contributed by atoms with Gasteiger partial charge < -0.3 is 9.16 Å². The maximum Gasteiger partial charge on any atom is 0.184 e. The zero-order chi connectivity index (χ0) is 14.0. The molecule has 0 aliphatic rings. The quantitative estimate of drug-likeness (QED) is 0.748. The standard InChI is InChI=1S/C16H22O2Si/c1-12(18-19(3,4)5)13-6-7-15-11-16(17-2)9-8-14(15)10-13/h6-12H,1-5H3. The van der Waals surface area contributed by atoms with Gasteiger partial charge in [-0.3, -0.25) is 0 Å². The Balaban J connectivity index is 2.31. The highest BCUT2D eigenvalue weighted by Gasteiger charge is 2.19. The molecule has 0 heterocycles. The molecule has 1 atom stereocenters. The molecule has 0 amide bonds. The van der Waals surface area contributed by atoms with E-state index < -0.39 is 8.32 Å². The molecule has 0 aliphatic heterocycles. The Morgan fingerprint density at radius 2 is 1.58 bits per heavy atom. The Hall–Kier alpha value is -1.32. The molecule has 0 bridgehead atoms. The number of ether oxygens (including phenoxy) is 1. The third kappa shape index (κ3) is 3.58. The number of methoxy groups -OCH3 is 1. The molecule has 0 saturated heterocycles. The lowest BCUT2D eigenvalue weighted by Gasteiger charge is -2.24. The highest BCUT2D eigenvalue weighted by molar-refractivity contribution is 6.69.